The average molecular weight is 325 g/mol. The summed E-state index contributed by atoms with van der Waals surface area (Å²) in [4.78, 5) is 12.5. The minimum atomic E-state index is -0.599. The molecule has 0 saturated heterocycles. The monoisotopic (exact) mass is 325 g/mol. The van der Waals surface area contributed by atoms with Gasteiger partial charge in [-0.15, -0.1) is 10.2 Å². The Morgan fingerprint density at radius 3 is 2.50 bits per heavy atom. The average Bonchev–Trinajstić information content (AvgIpc) is 3.12. The molecule has 124 valence electrons. The third-order valence-electron chi connectivity index (χ3n) is 3.84. The van der Waals surface area contributed by atoms with E-state index in [-0.39, 0.29) is 5.89 Å². The molecule has 0 spiro atoms. The van der Waals surface area contributed by atoms with Gasteiger partial charge in [-0.3, -0.25) is 0 Å². The Kier molecular flexibility index (Phi) is 4.20. The molecule has 1 unspecified atom stereocenters. The van der Waals surface area contributed by atoms with Crippen LogP contribution in [-0.2, 0) is 4.74 Å². The van der Waals surface area contributed by atoms with Crippen molar-refractivity contribution in [2.24, 2.45) is 0 Å². The van der Waals surface area contributed by atoms with E-state index in [0.29, 0.717) is 11.5 Å². The van der Waals surface area contributed by atoms with Crippen molar-refractivity contribution < 1.29 is 13.9 Å². The molecular formula is C18H19N3O3. The van der Waals surface area contributed by atoms with Gasteiger partial charge < -0.3 is 13.7 Å². The number of para-hydroxylation sites is 1. The molecule has 0 fully saturated rings. The van der Waals surface area contributed by atoms with E-state index in [0.717, 1.165) is 17.1 Å². The Hall–Kier alpha value is -2.89. The second kappa shape index (κ2) is 6.31. The molecule has 2 heterocycles. The molecule has 0 amide bonds. The molecule has 0 bridgehead atoms. The molecule has 0 aliphatic carbocycles. The topological polar surface area (TPSA) is 70.2 Å². The van der Waals surface area contributed by atoms with E-state index in [1.54, 1.807) is 13.8 Å². The largest absolute Gasteiger partial charge is 0.449 e. The highest BCUT2D eigenvalue weighted by Gasteiger charge is 2.22. The van der Waals surface area contributed by atoms with Crippen molar-refractivity contribution in [3.8, 4) is 5.69 Å². The van der Waals surface area contributed by atoms with Gasteiger partial charge in [-0.25, -0.2) is 4.79 Å². The standard InChI is InChI=1S/C18H19N3O3/c1-11-10-16(12(2)21(11)15-8-6-5-7-9-15)18(22)23-13(3)17-20-19-14(4)24-17/h5-10,13H,1-4H3. The maximum Gasteiger partial charge on any atom is 0.340 e. The minimum Gasteiger partial charge on any atom is -0.449 e. The first-order valence-electron chi connectivity index (χ1n) is 7.72. The normalized spacial score (nSPS) is 12.2. The van der Waals surface area contributed by atoms with Crippen LogP contribution in [0.5, 0.6) is 0 Å². The van der Waals surface area contributed by atoms with Crippen LogP contribution in [0.1, 0.15) is 46.6 Å². The number of carbonyl (C=O) groups excluding carboxylic acids is 1. The van der Waals surface area contributed by atoms with E-state index >= 15 is 0 Å². The Morgan fingerprint density at radius 2 is 1.88 bits per heavy atom. The zero-order valence-corrected chi connectivity index (χ0v) is 14.1. The highest BCUT2D eigenvalue weighted by atomic mass is 16.6. The summed E-state index contributed by atoms with van der Waals surface area (Å²) in [6.07, 6.45) is -0.599. The van der Waals surface area contributed by atoms with Crippen molar-refractivity contribution in [2.45, 2.75) is 33.8 Å². The van der Waals surface area contributed by atoms with Crippen LogP contribution in [0.4, 0.5) is 0 Å². The van der Waals surface area contributed by atoms with Crippen molar-refractivity contribution in [1.82, 2.24) is 14.8 Å². The van der Waals surface area contributed by atoms with Crippen LogP contribution in [-0.4, -0.2) is 20.7 Å². The number of ether oxygens (including phenoxy) is 1. The number of benzene rings is 1. The van der Waals surface area contributed by atoms with Crippen LogP contribution in [0.3, 0.4) is 0 Å². The van der Waals surface area contributed by atoms with Crippen molar-refractivity contribution in [2.75, 3.05) is 0 Å². The number of hydrogen-bond donors (Lipinski definition) is 0. The van der Waals surface area contributed by atoms with E-state index in [9.17, 15) is 4.79 Å². The summed E-state index contributed by atoms with van der Waals surface area (Å²) >= 11 is 0. The number of aromatic nitrogens is 3. The van der Waals surface area contributed by atoms with Crippen molar-refractivity contribution >= 4 is 5.97 Å². The second-order valence-electron chi connectivity index (χ2n) is 5.66. The smallest absolute Gasteiger partial charge is 0.340 e. The van der Waals surface area contributed by atoms with Gasteiger partial charge >= 0.3 is 5.97 Å². The molecular weight excluding hydrogens is 306 g/mol. The highest BCUT2D eigenvalue weighted by Crippen LogP contribution is 2.24. The Balaban J connectivity index is 1.86. The lowest BCUT2D eigenvalue weighted by molar-refractivity contribution is 0.0276. The molecule has 3 aromatic rings. The third kappa shape index (κ3) is 2.95. The van der Waals surface area contributed by atoms with E-state index in [1.165, 1.54) is 0 Å². The number of nitrogens with zero attached hydrogens (tertiary/aromatic N) is 3. The van der Waals surface area contributed by atoms with E-state index in [1.807, 2.05) is 54.8 Å². The number of esters is 1. The number of aryl methyl sites for hydroxylation is 2. The number of rotatable bonds is 4. The molecule has 0 aliphatic heterocycles. The zero-order valence-electron chi connectivity index (χ0n) is 14.1. The van der Waals surface area contributed by atoms with Gasteiger partial charge in [-0.1, -0.05) is 18.2 Å². The summed E-state index contributed by atoms with van der Waals surface area (Å²) in [6.45, 7) is 7.26. The lowest BCUT2D eigenvalue weighted by Gasteiger charge is -2.11. The first-order chi connectivity index (χ1) is 11.5. The second-order valence-corrected chi connectivity index (χ2v) is 5.66. The fraction of sp³-hybridized carbons (Fsp3) is 0.278. The van der Waals surface area contributed by atoms with Crippen LogP contribution in [0.2, 0.25) is 0 Å². The van der Waals surface area contributed by atoms with Gasteiger partial charge in [0.25, 0.3) is 5.89 Å². The lowest BCUT2D eigenvalue weighted by atomic mass is 10.2. The van der Waals surface area contributed by atoms with E-state index in [4.69, 9.17) is 9.15 Å². The van der Waals surface area contributed by atoms with Crippen molar-refractivity contribution in [3.63, 3.8) is 0 Å². The van der Waals surface area contributed by atoms with Crippen LogP contribution >= 0.6 is 0 Å². The quantitative estimate of drug-likeness (QED) is 0.684. The highest BCUT2D eigenvalue weighted by molar-refractivity contribution is 5.91. The van der Waals surface area contributed by atoms with E-state index in [2.05, 4.69) is 10.2 Å². The van der Waals surface area contributed by atoms with Gasteiger partial charge in [-0.2, -0.15) is 0 Å². The predicted octanol–water partition coefficient (Wildman–Crippen LogP) is 3.70. The number of carbonyl (C=O) groups is 1. The SMILES string of the molecule is Cc1nnc(C(C)OC(=O)c2cc(C)n(-c3ccccc3)c2C)o1. The van der Waals surface area contributed by atoms with Gasteiger partial charge in [-0.05, 0) is 39.0 Å². The first-order valence-corrected chi connectivity index (χ1v) is 7.72. The summed E-state index contributed by atoms with van der Waals surface area (Å²) < 4.78 is 12.8. The van der Waals surface area contributed by atoms with Gasteiger partial charge in [0.2, 0.25) is 5.89 Å². The minimum absolute atomic E-state index is 0.290. The molecule has 0 N–H and O–H groups in total. The van der Waals surface area contributed by atoms with Crippen LogP contribution < -0.4 is 0 Å². The molecule has 24 heavy (non-hydrogen) atoms. The Labute approximate surface area is 140 Å². The molecule has 1 atom stereocenters. The summed E-state index contributed by atoms with van der Waals surface area (Å²) in [5.74, 6) is 0.321. The Morgan fingerprint density at radius 1 is 1.17 bits per heavy atom. The third-order valence-corrected chi connectivity index (χ3v) is 3.84. The van der Waals surface area contributed by atoms with Crippen LogP contribution in [0, 0.1) is 20.8 Å². The summed E-state index contributed by atoms with van der Waals surface area (Å²) in [6, 6.07) is 11.7. The molecule has 0 saturated carbocycles. The maximum absolute atomic E-state index is 12.5. The molecule has 1 aromatic carbocycles. The molecule has 6 nitrogen and oxygen atoms in total. The van der Waals surface area contributed by atoms with E-state index < -0.39 is 12.1 Å². The van der Waals surface area contributed by atoms with Gasteiger partial charge in [0, 0.05) is 24.0 Å². The fourth-order valence-electron chi connectivity index (χ4n) is 2.69. The van der Waals surface area contributed by atoms with Crippen LogP contribution in [0.15, 0.2) is 40.8 Å². The van der Waals surface area contributed by atoms with Gasteiger partial charge in [0.1, 0.15) is 0 Å². The van der Waals surface area contributed by atoms with Gasteiger partial charge in [0.05, 0.1) is 5.56 Å². The molecule has 3 rings (SSSR count). The molecule has 2 aromatic heterocycles. The summed E-state index contributed by atoms with van der Waals surface area (Å²) in [5, 5.41) is 7.64. The molecule has 0 aliphatic rings. The zero-order chi connectivity index (χ0) is 17.3. The molecule has 6 heteroatoms. The number of hydrogen-bond acceptors (Lipinski definition) is 5. The predicted molar refractivity (Wildman–Crippen MR) is 88.1 cm³/mol. The Bertz CT molecular complexity index is 865. The van der Waals surface area contributed by atoms with Crippen LogP contribution in [0.25, 0.3) is 5.69 Å². The lowest BCUT2D eigenvalue weighted by Crippen LogP contribution is -2.11. The summed E-state index contributed by atoms with van der Waals surface area (Å²) in [5.41, 5.74) is 3.33. The van der Waals surface area contributed by atoms with Crippen molar-refractivity contribution in [3.05, 3.63) is 65.1 Å². The maximum atomic E-state index is 12.5. The summed E-state index contributed by atoms with van der Waals surface area (Å²) in [7, 11) is 0. The first kappa shape index (κ1) is 16.0. The fourth-order valence-corrected chi connectivity index (χ4v) is 2.69. The van der Waals surface area contributed by atoms with Gasteiger partial charge in [0.15, 0.2) is 6.10 Å². The van der Waals surface area contributed by atoms with Crippen molar-refractivity contribution in [1.29, 1.82) is 0 Å². The molecule has 0 radical (unpaired) electrons.